The first-order valence-corrected chi connectivity index (χ1v) is 13.6. The van der Waals surface area contributed by atoms with E-state index in [1.165, 1.54) is 10.1 Å². The smallest absolute Gasteiger partial charge is 0.434 e. The van der Waals surface area contributed by atoms with Crippen molar-refractivity contribution in [1.82, 2.24) is 23.5 Å². The average molecular weight is 536 g/mol. The molecule has 0 spiro atoms. The Morgan fingerprint density at radius 3 is 2.51 bits per heavy atom. The standard InChI is InChI=1S/C29H37N5O5/c1-6-13-33-27(35)26-24(32(9-4)28(33)36)16-23(34(26)25(8-3)39-29(37)38-14-7-2)22-17-30-31(19-22)18-21-12-10-11-20(5)15-21/h10-12,15-17,19,25H,6-9,13-14,18H2,1-5H3. The van der Waals surface area contributed by atoms with Crippen LogP contribution in [0.4, 0.5) is 4.79 Å². The van der Waals surface area contributed by atoms with Crippen molar-refractivity contribution in [2.24, 2.45) is 0 Å². The number of fused-ring (bicyclic) bond motifs is 1. The van der Waals surface area contributed by atoms with Crippen LogP contribution in [0.5, 0.6) is 0 Å². The Morgan fingerprint density at radius 2 is 1.85 bits per heavy atom. The lowest BCUT2D eigenvalue weighted by molar-refractivity contribution is -0.00325. The molecule has 208 valence electrons. The molecule has 4 aromatic rings. The summed E-state index contributed by atoms with van der Waals surface area (Å²) in [6.45, 7) is 11.1. The van der Waals surface area contributed by atoms with Gasteiger partial charge in [0.15, 0.2) is 6.23 Å². The molecule has 0 fully saturated rings. The van der Waals surface area contributed by atoms with Crippen LogP contribution in [0.15, 0.2) is 52.3 Å². The summed E-state index contributed by atoms with van der Waals surface area (Å²) in [5.74, 6) is 0. The van der Waals surface area contributed by atoms with Gasteiger partial charge in [-0.3, -0.25) is 23.2 Å². The summed E-state index contributed by atoms with van der Waals surface area (Å²) in [7, 11) is 0. The van der Waals surface area contributed by atoms with Crippen molar-refractivity contribution in [1.29, 1.82) is 0 Å². The molecule has 0 saturated heterocycles. The molecule has 0 N–H and O–H groups in total. The van der Waals surface area contributed by atoms with E-state index < -0.39 is 17.9 Å². The van der Waals surface area contributed by atoms with Crippen LogP contribution in [0, 0.1) is 6.92 Å². The number of carbonyl (C=O) groups excluding carboxylic acids is 1. The number of rotatable bonds is 11. The first kappa shape index (κ1) is 27.9. The minimum atomic E-state index is -0.826. The average Bonchev–Trinajstić information content (AvgIpc) is 3.54. The van der Waals surface area contributed by atoms with Crippen molar-refractivity contribution in [3.8, 4) is 11.3 Å². The molecule has 0 aliphatic heterocycles. The molecule has 0 radical (unpaired) electrons. The Labute approximate surface area is 227 Å². The fraction of sp³-hybridized carbons (Fsp3) is 0.448. The number of hydrogen-bond donors (Lipinski definition) is 0. The Morgan fingerprint density at radius 1 is 1.05 bits per heavy atom. The molecule has 4 rings (SSSR count). The van der Waals surface area contributed by atoms with Crippen molar-refractivity contribution < 1.29 is 14.3 Å². The van der Waals surface area contributed by atoms with E-state index in [-0.39, 0.29) is 12.3 Å². The fourth-order valence-corrected chi connectivity index (χ4v) is 4.87. The maximum absolute atomic E-state index is 13.8. The zero-order valence-electron chi connectivity index (χ0n) is 23.3. The molecular formula is C29H37N5O5. The molecule has 0 aliphatic carbocycles. The Kier molecular flexibility index (Phi) is 8.73. The van der Waals surface area contributed by atoms with Crippen LogP contribution in [0.3, 0.4) is 0 Å². The predicted molar refractivity (Wildman–Crippen MR) is 150 cm³/mol. The second-order valence-electron chi connectivity index (χ2n) is 9.61. The third-order valence-corrected chi connectivity index (χ3v) is 6.63. The third kappa shape index (κ3) is 5.69. The van der Waals surface area contributed by atoms with E-state index in [4.69, 9.17) is 9.47 Å². The van der Waals surface area contributed by atoms with Crippen molar-refractivity contribution in [2.45, 2.75) is 79.7 Å². The van der Waals surface area contributed by atoms with Crippen LogP contribution in [0.1, 0.15) is 64.3 Å². The summed E-state index contributed by atoms with van der Waals surface area (Å²) < 4.78 is 17.3. The minimum absolute atomic E-state index is 0.235. The van der Waals surface area contributed by atoms with Crippen LogP contribution in [-0.4, -0.2) is 36.2 Å². The highest BCUT2D eigenvalue weighted by Crippen LogP contribution is 2.32. The maximum atomic E-state index is 13.8. The van der Waals surface area contributed by atoms with Gasteiger partial charge >= 0.3 is 11.8 Å². The largest absolute Gasteiger partial charge is 0.510 e. The highest BCUT2D eigenvalue weighted by Gasteiger charge is 2.27. The van der Waals surface area contributed by atoms with Gasteiger partial charge in [0.05, 0.1) is 30.6 Å². The summed E-state index contributed by atoms with van der Waals surface area (Å²) in [5, 5.41) is 4.56. The van der Waals surface area contributed by atoms with Gasteiger partial charge in [0.2, 0.25) is 0 Å². The van der Waals surface area contributed by atoms with E-state index in [0.29, 0.717) is 55.6 Å². The number of aryl methyl sites for hydroxylation is 2. The first-order chi connectivity index (χ1) is 18.8. The van der Waals surface area contributed by atoms with E-state index in [2.05, 4.69) is 11.2 Å². The lowest BCUT2D eigenvalue weighted by Crippen LogP contribution is -2.40. The topological polar surface area (TPSA) is 102 Å². The Hall–Kier alpha value is -4.08. The normalized spacial score (nSPS) is 12.1. The molecule has 10 nitrogen and oxygen atoms in total. The molecular weight excluding hydrogens is 498 g/mol. The third-order valence-electron chi connectivity index (χ3n) is 6.63. The van der Waals surface area contributed by atoms with Crippen LogP contribution in [-0.2, 0) is 29.1 Å². The predicted octanol–water partition coefficient (Wildman–Crippen LogP) is 5.09. The van der Waals surface area contributed by atoms with E-state index in [9.17, 15) is 14.4 Å². The SMILES string of the molecule is CCCOC(=O)OC(CC)n1c(-c2cnn(Cc3cccc(C)c3)c2)cc2c1c(=O)n(CCC)c(=O)n2CC. The number of aromatic nitrogens is 5. The highest BCUT2D eigenvalue weighted by molar-refractivity contribution is 5.84. The molecule has 0 saturated carbocycles. The monoisotopic (exact) mass is 535 g/mol. The summed E-state index contributed by atoms with van der Waals surface area (Å²) >= 11 is 0. The number of ether oxygens (including phenoxy) is 2. The zero-order valence-corrected chi connectivity index (χ0v) is 23.3. The van der Waals surface area contributed by atoms with Gasteiger partial charge in [0, 0.05) is 31.3 Å². The summed E-state index contributed by atoms with van der Waals surface area (Å²) in [6.07, 6.45) is 3.66. The summed E-state index contributed by atoms with van der Waals surface area (Å²) in [6, 6.07) is 10.0. The molecule has 0 aliphatic rings. The molecule has 1 aromatic carbocycles. The van der Waals surface area contributed by atoms with Gasteiger partial charge in [-0.25, -0.2) is 9.59 Å². The van der Waals surface area contributed by atoms with Crippen molar-refractivity contribution in [3.05, 3.63) is 74.7 Å². The maximum Gasteiger partial charge on any atom is 0.510 e. The fourth-order valence-electron chi connectivity index (χ4n) is 4.87. The van der Waals surface area contributed by atoms with Gasteiger partial charge in [-0.05, 0) is 38.3 Å². The summed E-state index contributed by atoms with van der Waals surface area (Å²) in [4.78, 5) is 39.5. The van der Waals surface area contributed by atoms with Crippen molar-refractivity contribution in [3.63, 3.8) is 0 Å². The van der Waals surface area contributed by atoms with Crippen LogP contribution >= 0.6 is 0 Å². The zero-order chi connectivity index (χ0) is 28.1. The number of carbonyl (C=O) groups is 1. The van der Waals surface area contributed by atoms with Crippen LogP contribution in [0.2, 0.25) is 0 Å². The molecule has 3 aromatic heterocycles. The molecule has 39 heavy (non-hydrogen) atoms. The Bertz CT molecular complexity index is 1580. The quantitative estimate of drug-likeness (QED) is 0.248. The Balaban J connectivity index is 1.91. The van der Waals surface area contributed by atoms with E-state index in [1.54, 1.807) is 15.3 Å². The van der Waals surface area contributed by atoms with Crippen LogP contribution < -0.4 is 11.2 Å². The first-order valence-electron chi connectivity index (χ1n) is 13.6. The molecule has 3 heterocycles. The highest BCUT2D eigenvalue weighted by atomic mass is 16.7. The number of hydrogen-bond acceptors (Lipinski definition) is 6. The van der Waals surface area contributed by atoms with Gasteiger partial charge in [-0.15, -0.1) is 0 Å². The van der Waals surface area contributed by atoms with E-state index in [0.717, 1.165) is 11.1 Å². The lowest BCUT2D eigenvalue weighted by Gasteiger charge is -2.21. The number of benzene rings is 1. The van der Waals surface area contributed by atoms with E-state index >= 15 is 0 Å². The van der Waals surface area contributed by atoms with Crippen molar-refractivity contribution >= 4 is 17.2 Å². The second kappa shape index (κ2) is 12.2. The van der Waals surface area contributed by atoms with Gasteiger partial charge in [0.25, 0.3) is 5.56 Å². The second-order valence-corrected chi connectivity index (χ2v) is 9.61. The van der Waals surface area contributed by atoms with Gasteiger partial charge < -0.3 is 9.47 Å². The molecule has 10 heteroatoms. The molecule has 0 bridgehead atoms. The van der Waals surface area contributed by atoms with E-state index in [1.807, 2.05) is 69.8 Å². The van der Waals surface area contributed by atoms with Gasteiger partial charge in [-0.1, -0.05) is 50.6 Å². The van der Waals surface area contributed by atoms with Gasteiger partial charge in [-0.2, -0.15) is 5.10 Å². The summed E-state index contributed by atoms with van der Waals surface area (Å²) in [5.41, 5.74) is 3.67. The molecule has 0 amide bonds. The van der Waals surface area contributed by atoms with Crippen molar-refractivity contribution in [2.75, 3.05) is 6.61 Å². The lowest BCUT2D eigenvalue weighted by atomic mass is 10.1. The molecule has 1 unspecified atom stereocenters. The number of nitrogens with zero attached hydrogens (tertiary/aromatic N) is 5. The molecule has 1 atom stereocenters. The van der Waals surface area contributed by atoms with Crippen LogP contribution in [0.25, 0.3) is 22.3 Å². The van der Waals surface area contributed by atoms with Gasteiger partial charge in [0.1, 0.15) is 5.52 Å². The minimum Gasteiger partial charge on any atom is -0.434 e.